The van der Waals surface area contributed by atoms with Gasteiger partial charge < -0.3 is 11.1 Å². The maximum absolute atomic E-state index is 11.6. The molecule has 0 saturated heterocycles. The van der Waals surface area contributed by atoms with E-state index in [2.05, 4.69) is 22.4 Å². The molecule has 0 radical (unpaired) electrons. The largest absolute Gasteiger partial charge is 0.365 e. The van der Waals surface area contributed by atoms with E-state index < -0.39 is 5.91 Å². The third-order valence-electron chi connectivity index (χ3n) is 3.02. The Kier molecular flexibility index (Phi) is 4.53. The molecule has 0 saturated carbocycles. The van der Waals surface area contributed by atoms with E-state index in [9.17, 15) is 4.79 Å². The molecule has 5 heteroatoms. The van der Waals surface area contributed by atoms with Gasteiger partial charge in [-0.05, 0) is 18.1 Å². The number of nitrogens with one attached hydrogen (secondary N) is 1. The van der Waals surface area contributed by atoms with E-state index in [-0.39, 0.29) is 0 Å². The van der Waals surface area contributed by atoms with Crippen LogP contribution in [-0.4, -0.2) is 19.3 Å². The third kappa shape index (κ3) is 3.05. The number of primary amides is 1. The van der Waals surface area contributed by atoms with Gasteiger partial charge in [0, 0.05) is 18.3 Å². The predicted octanol–water partition coefficient (Wildman–Crippen LogP) is 2.82. The van der Waals surface area contributed by atoms with Crippen molar-refractivity contribution >= 4 is 28.6 Å². The molecule has 20 heavy (non-hydrogen) atoms. The van der Waals surface area contributed by atoms with E-state index in [0.29, 0.717) is 5.56 Å². The van der Waals surface area contributed by atoms with E-state index in [1.54, 1.807) is 24.7 Å². The summed E-state index contributed by atoms with van der Waals surface area (Å²) in [5.74, 6) is -0.412. The van der Waals surface area contributed by atoms with Crippen LogP contribution in [0.4, 0.5) is 5.00 Å². The van der Waals surface area contributed by atoms with Gasteiger partial charge in [0.05, 0.1) is 11.9 Å². The first-order valence-corrected chi connectivity index (χ1v) is 7.08. The lowest BCUT2D eigenvalue weighted by atomic mass is 10.1. The Morgan fingerprint density at radius 2 is 2.10 bits per heavy atom. The van der Waals surface area contributed by atoms with Crippen molar-refractivity contribution < 1.29 is 4.79 Å². The number of benzene rings is 1. The number of anilines is 1. The molecule has 0 aliphatic heterocycles. The number of thiophene rings is 1. The normalized spacial score (nSPS) is 10.9. The maximum Gasteiger partial charge on any atom is 0.251 e. The molecule has 1 aromatic heterocycles. The van der Waals surface area contributed by atoms with Gasteiger partial charge in [-0.1, -0.05) is 30.3 Å². The third-order valence-corrected chi connectivity index (χ3v) is 4.25. The van der Waals surface area contributed by atoms with Gasteiger partial charge in [0.1, 0.15) is 5.00 Å². The fourth-order valence-corrected chi connectivity index (χ4v) is 3.24. The molecule has 1 aromatic carbocycles. The molecular weight excluding hydrogens is 270 g/mol. The maximum atomic E-state index is 11.6. The predicted molar refractivity (Wildman–Crippen MR) is 84.9 cm³/mol. The van der Waals surface area contributed by atoms with Crippen LogP contribution in [0.15, 0.2) is 35.3 Å². The van der Waals surface area contributed by atoms with Gasteiger partial charge >= 0.3 is 0 Å². The monoisotopic (exact) mass is 287 g/mol. The summed E-state index contributed by atoms with van der Waals surface area (Å²) in [5.41, 5.74) is 8.19. The van der Waals surface area contributed by atoms with Crippen molar-refractivity contribution in [2.24, 2.45) is 10.7 Å². The molecule has 0 aliphatic carbocycles. The Hall–Kier alpha value is -2.14. The van der Waals surface area contributed by atoms with Crippen LogP contribution >= 0.6 is 11.3 Å². The lowest BCUT2D eigenvalue weighted by Gasteiger charge is -2.01. The van der Waals surface area contributed by atoms with Crippen LogP contribution in [-0.2, 0) is 6.42 Å². The number of aliphatic imine (C=N–C) groups is 1. The van der Waals surface area contributed by atoms with E-state index in [0.717, 1.165) is 21.9 Å². The fourth-order valence-electron chi connectivity index (χ4n) is 2.03. The minimum absolute atomic E-state index is 0.412. The summed E-state index contributed by atoms with van der Waals surface area (Å²) in [5, 5.41) is 3.77. The molecule has 0 fully saturated rings. The number of carbonyl (C=O) groups is 1. The molecule has 1 heterocycles. The van der Waals surface area contributed by atoms with E-state index >= 15 is 0 Å². The van der Waals surface area contributed by atoms with Crippen molar-refractivity contribution in [1.29, 1.82) is 0 Å². The quantitative estimate of drug-likeness (QED) is 0.656. The number of nitrogens with two attached hydrogens (primary N) is 1. The summed E-state index contributed by atoms with van der Waals surface area (Å²) in [6, 6.07) is 10.2. The minimum Gasteiger partial charge on any atom is -0.365 e. The van der Waals surface area contributed by atoms with Crippen molar-refractivity contribution in [3.8, 4) is 0 Å². The first-order chi connectivity index (χ1) is 9.63. The number of hydrogen-bond donors (Lipinski definition) is 2. The molecule has 0 spiro atoms. The highest BCUT2D eigenvalue weighted by atomic mass is 32.1. The Morgan fingerprint density at radius 1 is 1.40 bits per heavy atom. The molecule has 3 N–H and O–H groups in total. The van der Waals surface area contributed by atoms with Crippen molar-refractivity contribution in [3.05, 3.63) is 51.9 Å². The van der Waals surface area contributed by atoms with Crippen molar-refractivity contribution in [1.82, 2.24) is 0 Å². The van der Waals surface area contributed by atoms with Gasteiger partial charge in [-0.25, -0.2) is 0 Å². The molecule has 0 atom stereocenters. The van der Waals surface area contributed by atoms with Gasteiger partial charge in [0.25, 0.3) is 5.91 Å². The number of rotatable bonds is 5. The standard InChI is InChI=1S/C15H17N3OS/c1-10-12(8-11-6-4-3-5-7-11)20-15(18-9-17-2)13(10)14(16)19/h3-7,9H,8H2,1-2H3,(H2,16,19)(H,17,18). The number of nitrogens with zero attached hydrogens (tertiary/aromatic N) is 1. The van der Waals surface area contributed by atoms with E-state index in [1.165, 1.54) is 5.56 Å². The second kappa shape index (κ2) is 6.34. The summed E-state index contributed by atoms with van der Waals surface area (Å²) in [6.45, 7) is 1.93. The molecule has 0 aliphatic rings. The van der Waals surface area contributed by atoms with Gasteiger partial charge in [0.15, 0.2) is 0 Å². The minimum atomic E-state index is -0.412. The lowest BCUT2D eigenvalue weighted by Crippen LogP contribution is -2.13. The average molecular weight is 287 g/mol. The summed E-state index contributed by atoms with van der Waals surface area (Å²) in [7, 11) is 1.67. The Labute approximate surface area is 122 Å². The number of amides is 1. The van der Waals surface area contributed by atoms with Gasteiger partial charge in [-0.3, -0.25) is 9.79 Å². The first-order valence-electron chi connectivity index (χ1n) is 6.26. The van der Waals surface area contributed by atoms with Crippen LogP contribution < -0.4 is 11.1 Å². The second-order valence-electron chi connectivity index (χ2n) is 4.41. The van der Waals surface area contributed by atoms with E-state index in [1.807, 2.05) is 25.1 Å². The topological polar surface area (TPSA) is 67.5 Å². The molecule has 104 valence electrons. The highest BCUT2D eigenvalue weighted by Crippen LogP contribution is 2.33. The molecule has 2 rings (SSSR count). The van der Waals surface area contributed by atoms with Crippen LogP contribution in [0.25, 0.3) is 0 Å². The van der Waals surface area contributed by atoms with Crippen LogP contribution in [0.1, 0.15) is 26.4 Å². The van der Waals surface area contributed by atoms with Crippen LogP contribution in [0.2, 0.25) is 0 Å². The van der Waals surface area contributed by atoms with Crippen molar-refractivity contribution in [3.63, 3.8) is 0 Å². The molecule has 0 bridgehead atoms. The zero-order valence-electron chi connectivity index (χ0n) is 11.5. The van der Waals surface area contributed by atoms with Crippen LogP contribution in [0, 0.1) is 6.92 Å². The Bertz CT molecular complexity index is 632. The van der Waals surface area contributed by atoms with Crippen LogP contribution in [0.3, 0.4) is 0 Å². The molecule has 1 amide bonds. The van der Waals surface area contributed by atoms with Gasteiger partial charge in [-0.15, -0.1) is 11.3 Å². The summed E-state index contributed by atoms with van der Waals surface area (Å²) in [4.78, 5) is 16.6. The van der Waals surface area contributed by atoms with Crippen LogP contribution in [0.5, 0.6) is 0 Å². The van der Waals surface area contributed by atoms with E-state index in [4.69, 9.17) is 5.73 Å². The summed E-state index contributed by atoms with van der Waals surface area (Å²) >= 11 is 1.55. The number of hydrogen-bond acceptors (Lipinski definition) is 3. The average Bonchev–Trinajstić information content (AvgIpc) is 2.74. The lowest BCUT2D eigenvalue weighted by molar-refractivity contribution is 0.100. The second-order valence-corrected chi connectivity index (χ2v) is 5.52. The molecule has 2 aromatic rings. The van der Waals surface area contributed by atoms with Gasteiger partial charge in [0.2, 0.25) is 0 Å². The van der Waals surface area contributed by atoms with Crippen molar-refractivity contribution in [2.45, 2.75) is 13.3 Å². The summed E-state index contributed by atoms with van der Waals surface area (Å²) in [6.07, 6.45) is 2.35. The molecule has 4 nitrogen and oxygen atoms in total. The Balaban J connectivity index is 2.36. The first kappa shape index (κ1) is 14.3. The Morgan fingerprint density at radius 3 is 2.70 bits per heavy atom. The van der Waals surface area contributed by atoms with Crippen molar-refractivity contribution in [2.75, 3.05) is 12.4 Å². The fraction of sp³-hybridized carbons (Fsp3) is 0.200. The zero-order valence-corrected chi connectivity index (χ0v) is 12.3. The highest BCUT2D eigenvalue weighted by molar-refractivity contribution is 7.17. The molecule has 0 unspecified atom stereocenters. The smallest absolute Gasteiger partial charge is 0.251 e. The number of carbonyl (C=O) groups excluding carboxylic acids is 1. The zero-order chi connectivity index (χ0) is 14.5. The molecular formula is C15H17N3OS. The van der Waals surface area contributed by atoms with Gasteiger partial charge in [-0.2, -0.15) is 0 Å². The highest BCUT2D eigenvalue weighted by Gasteiger charge is 2.18. The summed E-state index contributed by atoms with van der Waals surface area (Å²) < 4.78 is 0. The SMILES string of the molecule is CN=CNc1sc(Cc2ccccc2)c(C)c1C(N)=O.